The summed E-state index contributed by atoms with van der Waals surface area (Å²) in [4.78, 5) is 13.2. The van der Waals surface area contributed by atoms with Crippen LogP contribution < -0.4 is 4.74 Å². The first kappa shape index (κ1) is 19.1. The third kappa shape index (κ3) is 3.47. The number of para-hydroxylation sites is 1. The quantitative estimate of drug-likeness (QED) is 0.211. The summed E-state index contributed by atoms with van der Waals surface area (Å²) in [6.45, 7) is 1.87. The molecule has 150 valence electrons. The highest BCUT2D eigenvalue weighted by Gasteiger charge is 2.33. The summed E-state index contributed by atoms with van der Waals surface area (Å²) in [5, 5.41) is 0. The van der Waals surface area contributed by atoms with Gasteiger partial charge in [-0.3, -0.25) is 0 Å². The Morgan fingerprint density at radius 3 is 1.71 bits per heavy atom. The first-order valence-corrected chi connectivity index (χ1v) is 10.5. The molecule has 2 heteroatoms. The molecule has 31 heavy (non-hydrogen) atoms. The van der Waals surface area contributed by atoms with Gasteiger partial charge in [0.15, 0.2) is 0 Å². The number of hydrogen-bond donors (Lipinski definition) is 0. The highest BCUT2D eigenvalue weighted by Crippen LogP contribution is 2.51. The van der Waals surface area contributed by atoms with E-state index in [4.69, 9.17) is 4.74 Å². The van der Waals surface area contributed by atoms with E-state index < -0.39 is 0 Å². The van der Waals surface area contributed by atoms with E-state index in [9.17, 15) is 4.79 Å². The minimum Gasteiger partial charge on any atom is -0.423 e. The van der Waals surface area contributed by atoms with Gasteiger partial charge >= 0.3 is 5.97 Å². The lowest BCUT2D eigenvalue weighted by molar-refractivity contribution is -0.130. The van der Waals surface area contributed by atoms with E-state index in [0.717, 1.165) is 11.1 Å². The summed E-state index contributed by atoms with van der Waals surface area (Å²) in [6, 6.07) is 36.3. The molecule has 0 aromatic heterocycles. The molecule has 4 aromatic carbocycles. The summed E-state index contributed by atoms with van der Waals surface area (Å²) in [5.41, 5.74) is 7.51. The van der Waals surface area contributed by atoms with Gasteiger partial charge in [-0.1, -0.05) is 97.1 Å². The van der Waals surface area contributed by atoms with Gasteiger partial charge in [-0.05, 0) is 52.4 Å². The van der Waals surface area contributed by atoms with Crippen LogP contribution in [0.5, 0.6) is 5.75 Å². The van der Waals surface area contributed by atoms with Crippen molar-refractivity contribution >= 4 is 11.5 Å². The van der Waals surface area contributed by atoms with E-state index in [2.05, 4.69) is 60.7 Å². The maximum absolute atomic E-state index is 13.2. The maximum Gasteiger partial charge on any atom is 0.339 e. The van der Waals surface area contributed by atoms with Gasteiger partial charge in [-0.15, -0.1) is 0 Å². The van der Waals surface area contributed by atoms with Crippen LogP contribution in [0.1, 0.15) is 29.5 Å². The van der Waals surface area contributed by atoms with Crippen LogP contribution in [-0.2, 0) is 4.79 Å². The van der Waals surface area contributed by atoms with Crippen molar-refractivity contribution in [3.05, 3.63) is 131 Å². The van der Waals surface area contributed by atoms with Gasteiger partial charge in [0.05, 0.1) is 0 Å². The van der Waals surface area contributed by atoms with Crippen molar-refractivity contribution in [2.75, 3.05) is 0 Å². The van der Waals surface area contributed by atoms with Crippen molar-refractivity contribution in [2.24, 2.45) is 0 Å². The molecular formula is C29H22O2. The van der Waals surface area contributed by atoms with E-state index in [-0.39, 0.29) is 11.9 Å². The second-order valence-electron chi connectivity index (χ2n) is 7.71. The number of carbonyl (C=O) groups excluding carboxylic acids is 1. The molecule has 5 rings (SSSR count). The fraction of sp³-hybridized carbons (Fsp3) is 0.0690. The van der Waals surface area contributed by atoms with Crippen LogP contribution >= 0.6 is 0 Å². The molecule has 0 heterocycles. The normalized spacial score (nSPS) is 13.2. The standard InChI is InChI=1S/C29H22O2/c1-20(29(30)31-22-14-6-3-7-15-22)27(21-12-4-2-5-13-21)28-25-18-10-8-16-23(25)24-17-9-11-19-26(24)28/h2-19,28H,1H3. The third-order valence-electron chi connectivity index (χ3n) is 5.87. The molecule has 0 atom stereocenters. The van der Waals surface area contributed by atoms with Crippen LogP contribution in [0.15, 0.2) is 115 Å². The smallest absolute Gasteiger partial charge is 0.339 e. The highest BCUT2D eigenvalue weighted by atomic mass is 16.5. The van der Waals surface area contributed by atoms with Crippen LogP contribution in [0.3, 0.4) is 0 Å². The Hall–Kier alpha value is -3.91. The van der Waals surface area contributed by atoms with E-state index in [1.165, 1.54) is 22.3 Å². The van der Waals surface area contributed by atoms with Crippen molar-refractivity contribution in [1.29, 1.82) is 0 Å². The topological polar surface area (TPSA) is 26.3 Å². The van der Waals surface area contributed by atoms with Crippen LogP contribution in [0.25, 0.3) is 16.7 Å². The number of esters is 1. The number of benzene rings is 4. The highest BCUT2D eigenvalue weighted by molar-refractivity contribution is 6.02. The Morgan fingerprint density at radius 2 is 1.13 bits per heavy atom. The molecule has 4 aromatic rings. The zero-order valence-electron chi connectivity index (χ0n) is 17.3. The van der Waals surface area contributed by atoms with Crippen molar-refractivity contribution in [1.82, 2.24) is 0 Å². The average Bonchev–Trinajstić information content (AvgIpc) is 3.15. The Bertz CT molecular complexity index is 1220. The zero-order chi connectivity index (χ0) is 21.2. The molecule has 0 bridgehead atoms. The Morgan fingerprint density at radius 1 is 0.645 bits per heavy atom. The van der Waals surface area contributed by atoms with Crippen molar-refractivity contribution in [2.45, 2.75) is 12.8 Å². The van der Waals surface area contributed by atoms with Crippen LogP contribution in [-0.4, -0.2) is 5.97 Å². The second kappa shape index (κ2) is 8.08. The lowest BCUT2D eigenvalue weighted by Crippen LogP contribution is -2.14. The number of fused-ring (bicyclic) bond motifs is 3. The minimum absolute atomic E-state index is 0.0295. The molecule has 0 unspecified atom stereocenters. The Kier molecular flexibility index (Phi) is 4.97. The Balaban J connectivity index is 1.69. The van der Waals surface area contributed by atoms with Crippen molar-refractivity contribution in [3.63, 3.8) is 0 Å². The molecule has 0 saturated heterocycles. The van der Waals surface area contributed by atoms with E-state index in [1.807, 2.05) is 43.3 Å². The molecular weight excluding hydrogens is 380 g/mol. The summed E-state index contributed by atoms with van der Waals surface area (Å²) in [5.74, 6) is 0.191. The van der Waals surface area contributed by atoms with E-state index in [0.29, 0.717) is 11.3 Å². The van der Waals surface area contributed by atoms with Gasteiger partial charge in [0, 0.05) is 11.5 Å². The predicted octanol–water partition coefficient (Wildman–Crippen LogP) is 6.88. The molecule has 0 saturated carbocycles. The molecule has 0 spiro atoms. The fourth-order valence-electron chi connectivity index (χ4n) is 4.47. The number of hydrogen-bond acceptors (Lipinski definition) is 2. The molecule has 0 aliphatic heterocycles. The number of ether oxygens (including phenoxy) is 1. The molecule has 2 nitrogen and oxygen atoms in total. The van der Waals surface area contributed by atoms with Gasteiger partial charge in [0.2, 0.25) is 0 Å². The van der Waals surface area contributed by atoms with Gasteiger partial charge in [-0.2, -0.15) is 0 Å². The maximum atomic E-state index is 13.2. The van der Waals surface area contributed by atoms with Crippen molar-refractivity contribution < 1.29 is 9.53 Å². The third-order valence-corrected chi connectivity index (χ3v) is 5.87. The number of carbonyl (C=O) groups is 1. The first-order valence-electron chi connectivity index (χ1n) is 10.5. The van der Waals surface area contributed by atoms with E-state index in [1.54, 1.807) is 12.1 Å². The van der Waals surface area contributed by atoms with Gasteiger partial charge in [0.1, 0.15) is 5.75 Å². The lowest BCUT2D eigenvalue weighted by Gasteiger charge is -2.21. The molecule has 0 radical (unpaired) electrons. The summed E-state index contributed by atoms with van der Waals surface area (Å²) in [7, 11) is 0. The van der Waals surface area contributed by atoms with Gasteiger partial charge in [-0.25, -0.2) is 4.79 Å². The second-order valence-corrected chi connectivity index (χ2v) is 7.71. The van der Waals surface area contributed by atoms with Gasteiger partial charge in [0.25, 0.3) is 0 Å². The monoisotopic (exact) mass is 402 g/mol. The largest absolute Gasteiger partial charge is 0.423 e. The molecule has 1 aliphatic carbocycles. The minimum atomic E-state index is -0.327. The Labute approximate surface area is 182 Å². The predicted molar refractivity (Wildman–Crippen MR) is 125 cm³/mol. The summed E-state index contributed by atoms with van der Waals surface area (Å²) < 4.78 is 5.72. The summed E-state index contributed by atoms with van der Waals surface area (Å²) in [6.07, 6.45) is 0. The molecule has 1 aliphatic rings. The first-order chi connectivity index (χ1) is 15.2. The SMILES string of the molecule is CC(C(=O)Oc1ccccc1)=C(c1ccccc1)C1c2ccccc2-c2ccccc21. The van der Waals surface area contributed by atoms with Crippen molar-refractivity contribution in [3.8, 4) is 16.9 Å². The van der Waals surface area contributed by atoms with E-state index >= 15 is 0 Å². The van der Waals surface area contributed by atoms with Gasteiger partial charge < -0.3 is 4.74 Å². The van der Waals surface area contributed by atoms with Crippen LogP contribution in [0.2, 0.25) is 0 Å². The van der Waals surface area contributed by atoms with Crippen LogP contribution in [0, 0.1) is 0 Å². The average molecular weight is 402 g/mol. The molecule has 0 N–H and O–H groups in total. The van der Waals surface area contributed by atoms with Crippen LogP contribution in [0.4, 0.5) is 0 Å². The number of allylic oxidation sites excluding steroid dienone is 1. The number of rotatable bonds is 4. The molecule has 0 fully saturated rings. The zero-order valence-corrected chi connectivity index (χ0v) is 17.3. The fourth-order valence-corrected chi connectivity index (χ4v) is 4.47. The lowest BCUT2D eigenvalue weighted by atomic mass is 9.82. The molecule has 0 amide bonds. The summed E-state index contributed by atoms with van der Waals surface area (Å²) >= 11 is 0.